The Balaban J connectivity index is 2.03. The highest BCUT2D eigenvalue weighted by molar-refractivity contribution is 6.31. The van der Waals surface area contributed by atoms with Crippen LogP contribution in [0.15, 0.2) is 12.1 Å². The van der Waals surface area contributed by atoms with E-state index in [1.165, 1.54) is 38.2 Å². The third-order valence-corrected chi connectivity index (χ3v) is 4.15. The minimum atomic E-state index is -0.469. The van der Waals surface area contributed by atoms with Gasteiger partial charge in [-0.05, 0) is 24.3 Å². The molecule has 0 saturated heterocycles. The summed E-state index contributed by atoms with van der Waals surface area (Å²) in [5.74, 6) is -0.469. The lowest BCUT2D eigenvalue weighted by molar-refractivity contribution is 0.233. The van der Waals surface area contributed by atoms with Crippen molar-refractivity contribution in [2.45, 2.75) is 39.0 Å². The van der Waals surface area contributed by atoms with Crippen LogP contribution in [0.4, 0.5) is 15.8 Å². The Morgan fingerprint density at radius 1 is 1.33 bits per heavy atom. The van der Waals surface area contributed by atoms with E-state index in [9.17, 15) is 4.39 Å². The molecule has 3 N–H and O–H groups in total. The van der Waals surface area contributed by atoms with Crippen LogP contribution < -0.4 is 11.1 Å². The van der Waals surface area contributed by atoms with Gasteiger partial charge in [0.1, 0.15) is 5.82 Å². The van der Waals surface area contributed by atoms with Crippen molar-refractivity contribution in [3.8, 4) is 0 Å². The number of benzene rings is 1. The van der Waals surface area contributed by atoms with Crippen molar-refractivity contribution < 1.29 is 4.39 Å². The number of nitrogens with one attached hydrogen (secondary N) is 1. The highest BCUT2D eigenvalue weighted by Crippen LogP contribution is 2.36. The highest BCUT2D eigenvalue weighted by Gasteiger charge is 2.26. The van der Waals surface area contributed by atoms with Gasteiger partial charge in [-0.25, -0.2) is 4.39 Å². The Bertz CT molecular complexity index is 428. The summed E-state index contributed by atoms with van der Waals surface area (Å²) >= 11 is 5.77. The maximum atomic E-state index is 13.2. The van der Waals surface area contributed by atoms with E-state index in [1.807, 2.05) is 0 Å². The third-order valence-electron chi connectivity index (χ3n) is 3.86. The van der Waals surface area contributed by atoms with Gasteiger partial charge < -0.3 is 11.1 Å². The summed E-state index contributed by atoms with van der Waals surface area (Å²) in [7, 11) is 0. The topological polar surface area (TPSA) is 38.0 Å². The molecule has 0 amide bonds. The number of hydrogen-bond acceptors (Lipinski definition) is 2. The average Bonchev–Trinajstić information content (AvgIpc) is 2.33. The van der Waals surface area contributed by atoms with Crippen LogP contribution in [0.25, 0.3) is 0 Å². The summed E-state index contributed by atoms with van der Waals surface area (Å²) in [6.45, 7) is 3.15. The highest BCUT2D eigenvalue weighted by atomic mass is 35.5. The van der Waals surface area contributed by atoms with Gasteiger partial charge in [0, 0.05) is 12.6 Å². The molecule has 1 fully saturated rings. The fraction of sp³-hybridized carbons (Fsp3) is 0.571. The number of nitrogens with two attached hydrogens (primary N) is 1. The van der Waals surface area contributed by atoms with Crippen LogP contribution in [0.2, 0.25) is 5.02 Å². The van der Waals surface area contributed by atoms with Gasteiger partial charge in [-0.2, -0.15) is 0 Å². The van der Waals surface area contributed by atoms with Crippen molar-refractivity contribution in [2.75, 3.05) is 17.6 Å². The number of anilines is 2. The van der Waals surface area contributed by atoms with Gasteiger partial charge >= 0.3 is 0 Å². The quantitative estimate of drug-likeness (QED) is 0.797. The van der Waals surface area contributed by atoms with Crippen molar-refractivity contribution in [3.05, 3.63) is 23.0 Å². The fourth-order valence-electron chi connectivity index (χ4n) is 2.61. The van der Waals surface area contributed by atoms with Crippen molar-refractivity contribution in [1.82, 2.24) is 0 Å². The summed E-state index contributed by atoms with van der Waals surface area (Å²) in [5.41, 5.74) is 7.24. The molecule has 100 valence electrons. The molecule has 1 saturated carbocycles. The molecule has 4 heteroatoms. The zero-order valence-electron chi connectivity index (χ0n) is 10.7. The van der Waals surface area contributed by atoms with Gasteiger partial charge in [0.15, 0.2) is 0 Å². The minimum absolute atomic E-state index is 0.112. The molecule has 0 bridgehead atoms. The van der Waals surface area contributed by atoms with E-state index in [1.54, 1.807) is 6.07 Å². The standard InChI is InChI=1S/C14H20ClFN2/c1-14(5-3-2-4-6-14)9-18-13-7-10(15)11(16)8-12(13)17/h7-8,18H,2-6,9,17H2,1H3. The van der Waals surface area contributed by atoms with Gasteiger partial charge in [-0.1, -0.05) is 37.8 Å². The SMILES string of the molecule is CC1(CNc2cc(Cl)c(F)cc2N)CCCCC1. The van der Waals surface area contributed by atoms with Gasteiger partial charge in [0.2, 0.25) is 0 Å². The molecule has 2 rings (SSSR count). The molecule has 2 nitrogen and oxygen atoms in total. The largest absolute Gasteiger partial charge is 0.397 e. The monoisotopic (exact) mass is 270 g/mol. The van der Waals surface area contributed by atoms with E-state index in [2.05, 4.69) is 12.2 Å². The van der Waals surface area contributed by atoms with Crippen LogP contribution in [0.5, 0.6) is 0 Å². The molecule has 0 spiro atoms. The zero-order chi connectivity index (χ0) is 13.2. The predicted molar refractivity (Wildman–Crippen MR) is 75.5 cm³/mol. The van der Waals surface area contributed by atoms with E-state index < -0.39 is 5.82 Å². The van der Waals surface area contributed by atoms with Gasteiger partial charge in [-0.3, -0.25) is 0 Å². The first kappa shape index (κ1) is 13.5. The van der Waals surface area contributed by atoms with Gasteiger partial charge in [0.05, 0.1) is 16.4 Å². The molecule has 1 aromatic carbocycles. The van der Waals surface area contributed by atoms with E-state index >= 15 is 0 Å². The third kappa shape index (κ3) is 3.08. The van der Waals surface area contributed by atoms with E-state index in [4.69, 9.17) is 17.3 Å². The summed E-state index contributed by atoms with van der Waals surface area (Å²) in [5, 5.41) is 3.43. The second kappa shape index (κ2) is 5.35. The minimum Gasteiger partial charge on any atom is -0.397 e. The molecule has 0 atom stereocenters. The molecule has 1 aliphatic carbocycles. The van der Waals surface area contributed by atoms with Crippen LogP contribution in [0.1, 0.15) is 39.0 Å². The molecule has 1 aliphatic rings. The predicted octanol–water partition coefficient (Wildman–Crippen LogP) is 4.44. The Morgan fingerprint density at radius 2 is 2.00 bits per heavy atom. The second-order valence-electron chi connectivity index (χ2n) is 5.58. The normalized spacial score (nSPS) is 18.6. The van der Waals surface area contributed by atoms with Gasteiger partial charge in [0.25, 0.3) is 0 Å². The molecule has 0 aromatic heterocycles. The molecular weight excluding hydrogens is 251 g/mol. The first-order valence-corrected chi connectivity index (χ1v) is 6.86. The lowest BCUT2D eigenvalue weighted by Gasteiger charge is -2.34. The van der Waals surface area contributed by atoms with Crippen LogP contribution in [0, 0.1) is 11.2 Å². The molecule has 0 aliphatic heterocycles. The Labute approximate surface area is 113 Å². The number of nitrogen functional groups attached to an aromatic ring is 1. The van der Waals surface area contributed by atoms with Crippen LogP contribution in [-0.4, -0.2) is 6.54 Å². The second-order valence-corrected chi connectivity index (χ2v) is 5.99. The molecule has 1 aromatic rings. The summed E-state index contributed by atoms with van der Waals surface area (Å²) in [6.07, 6.45) is 6.37. The summed E-state index contributed by atoms with van der Waals surface area (Å²) in [4.78, 5) is 0. The molecule has 18 heavy (non-hydrogen) atoms. The fourth-order valence-corrected chi connectivity index (χ4v) is 2.77. The van der Waals surface area contributed by atoms with E-state index in [-0.39, 0.29) is 5.02 Å². The maximum absolute atomic E-state index is 13.2. The summed E-state index contributed by atoms with van der Waals surface area (Å²) in [6, 6.07) is 2.84. The molecular formula is C14H20ClFN2. The zero-order valence-corrected chi connectivity index (χ0v) is 11.5. The Hall–Kier alpha value is -0.960. The number of hydrogen-bond donors (Lipinski definition) is 2. The lowest BCUT2D eigenvalue weighted by Crippen LogP contribution is -2.29. The van der Waals surface area contributed by atoms with Crippen LogP contribution in [0.3, 0.4) is 0 Å². The van der Waals surface area contributed by atoms with Crippen molar-refractivity contribution in [3.63, 3.8) is 0 Å². The van der Waals surface area contributed by atoms with Crippen molar-refractivity contribution in [2.24, 2.45) is 5.41 Å². The van der Waals surface area contributed by atoms with E-state index in [0.717, 1.165) is 12.2 Å². The smallest absolute Gasteiger partial charge is 0.143 e. The van der Waals surface area contributed by atoms with Crippen molar-refractivity contribution in [1.29, 1.82) is 0 Å². The average molecular weight is 271 g/mol. The Kier molecular flexibility index (Phi) is 4.00. The van der Waals surface area contributed by atoms with Gasteiger partial charge in [-0.15, -0.1) is 0 Å². The maximum Gasteiger partial charge on any atom is 0.143 e. The molecule has 0 heterocycles. The number of halogens is 2. The molecule has 0 radical (unpaired) electrons. The van der Waals surface area contributed by atoms with Crippen molar-refractivity contribution >= 4 is 23.0 Å². The summed E-state index contributed by atoms with van der Waals surface area (Å²) < 4.78 is 13.2. The first-order chi connectivity index (χ1) is 8.50. The van der Waals surface area contributed by atoms with Crippen LogP contribution >= 0.6 is 11.6 Å². The Morgan fingerprint density at radius 3 is 2.67 bits per heavy atom. The first-order valence-electron chi connectivity index (χ1n) is 6.49. The number of rotatable bonds is 3. The van der Waals surface area contributed by atoms with Crippen LogP contribution in [-0.2, 0) is 0 Å². The lowest BCUT2D eigenvalue weighted by atomic mass is 9.76. The molecule has 0 unspecified atom stereocenters. The van der Waals surface area contributed by atoms with E-state index in [0.29, 0.717) is 11.1 Å².